The lowest BCUT2D eigenvalue weighted by molar-refractivity contribution is 0.297. The number of nitriles is 1. The van der Waals surface area contributed by atoms with E-state index in [2.05, 4.69) is 21.4 Å². The zero-order valence-electron chi connectivity index (χ0n) is 14.9. The summed E-state index contributed by atoms with van der Waals surface area (Å²) in [6, 6.07) is 24.4. The number of benzene rings is 3. The van der Waals surface area contributed by atoms with E-state index in [0.29, 0.717) is 17.4 Å². The average molecular weight is 389 g/mol. The van der Waals surface area contributed by atoms with E-state index in [1.807, 2.05) is 66.7 Å². The molecule has 138 valence electrons. The van der Waals surface area contributed by atoms with Crippen LogP contribution in [-0.4, -0.2) is 9.97 Å². The summed E-state index contributed by atoms with van der Waals surface area (Å²) in [6.45, 7) is 0.341. The number of anilines is 1. The van der Waals surface area contributed by atoms with Gasteiger partial charge in [0.05, 0.1) is 27.8 Å². The third-order valence-electron chi connectivity index (χ3n) is 4.33. The Morgan fingerprint density at radius 3 is 2.54 bits per heavy atom. The average Bonchev–Trinajstić information content (AvgIpc) is 3.15. The highest BCUT2D eigenvalue weighted by Gasteiger charge is 2.12. The molecular weight excluding hydrogens is 372 g/mol. The molecule has 0 radical (unpaired) electrons. The van der Waals surface area contributed by atoms with Crippen molar-refractivity contribution in [1.29, 1.82) is 5.26 Å². The van der Waals surface area contributed by atoms with Crippen molar-refractivity contribution in [1.82, 2.24) is 9.97 Å². The lowest BCUT2D eigenvalue weighted by Gasteiger charge is -2.15. The van der Waals surface area contributed by atoms with Crippen molar-refractivity contribution in [2.24, 2.45) is 0 Å². The predicted molar refractivity (Wildman–Crippen MR) is 110 cm³/mol. The summed E-state index contributed by atoms with van der Waals surface area (Å²) >= 11 is 6.17. The van der Waals surface area contributed by atoms with Gasteiger partial charge in [0, 0.05) is 0 Å². The second kappa shape index (κ2) is 8.03. The fourth-order valence-corrected chi connectivity index (χ4v) is 3.10. The second-order valence-electron chi connectivity index (χ2n) is 6.24. The topological polar surface area (TPSA) is 73.7 Å². The van der Waals surface area contributed by atoms with Gasteiger partial charge in [-0.1, -0.05) is 48.0 Å². The molecule has 0 aliphatic rings. The molecule has 1 heterocycles. The maximum absolute atomic E-state index is 9.52. The second-order valence-corrected chi connectivity index (χ2v) is 6.65. The minimum absolute atomic E-state index is 0.341. The number of fused-ring (bicyclic) bond motifs is 1. The zero-order chi connectivity index (χ0) is 19.3. The van der Waals surface area contributed by atoms with E-state index in [4.69, 9.17) is 16.3 Å². The number of nitrogens with zero attached hydrogens (tertiary/aromatic N) is 2. The normalized spacial score (nSPS) is 11.7. The van der Waals surface area contributed by atoms with E-state index < -0.39 is 6.04 Å². The predicted octanol–water partition coefficient (Wildman–Crippen LogP) is 5.47. The molecule has 0 amide bonds. The van der Waals surface area contributed by atoms with Crippen LogP contribution in [0.25, 0.3) is 11.0 Å². The van der Waals surface area contributed by atoms with Gasteiger partial charge in [0.1, 0.15) is 24.2 Å². The van der Waals surface area contributed by atoms with Crippen molar-refractivity contribution < 1.29 is 4.74 Å². The van der Waals surface area contributed by atoms with Crippen LogP contribution in [0, 0.1) is 11.3 Å². The number of rotatable bonds is 6. The molecule has 0 bridgehead atoms. The van der Waals surface area contributed by atoms with Crippen LogP contribution in [0.3, 0.4) is 0 Å². The molecular formula is C22H17ClN4O. The number of hydrogen-bond donors (Lipinski definition) is 2. The number of halogens is 1. The molecule has 1 aromatic heterocycles. The van der Waals surface area contributed by atoms with Crippen LogP contribution in [0.5, 0.6) is 5.75 Å². The standard InChI is InChI=1S/C22H17ClN4O/c23-17-5-1-2-6-18(17)25-21(13-24)15-9-11-16(12-10-15)28-14-22-26-19-7-3-4-8-20(19)27-22/h1-12,21,25H,14H2,(H,26,27). The van der Waals surface area contributed by atoms with E-state index >= 15 is 0 Å². The molecule has 0 aliphatic heterocycles. The molecule has 0 fully saturated rings. The van der Waals surface area contributed by atoms with Crippen LogP contribution in [0.15, 0.2) is 72.8 Å². The quantitative estimate of drug-likeness (QED) is 0.459. The number of aromatic amines is 1. The minimum Gasteiger partial charge on any atom is -0.486 e. The molecule has 0 aliphatic carbocycles. The van der Waals surface area contributed by atoms with E-state index in [9.17, 15) is 5.26 Å². The van der Waals surface area contributed by atoms with E-state index in [0.717, 1.165) is 28.1 Å². The van der Waals surface area contributed by atoms with Crippen molar-refractivity contribution in [3.8, 4) is 11.8 Å². The molecule has 4 aromatic rings. The Morgan fingerprint density at radius 2 is 1.79 bits per heavy atom. The third-order valence-corrected chi connectivity index (χ3v) is 4.66. The highest BCUT2D eigenvalue weighted by molar-refractivity contribution is 6.33. The highest BCUT2D eigenvalue weighted by Crippen LogP contribution is 2.26. The van der Waals surface area contributed by atoms with Crippen LogP contribution in [0.2, 0.25) is 5.02 Å². The van der Waals surface area contributed by atoms with Crippen LogP contribution in [0.4, 0.5) is 5.69 Å². The van der Waals surface area contributed by atoms with Crippen molar-refractivity contribution in [2.45, 2.75) is 12.6 Å². The Labute approximate surface area is 167 Å². The Hall–Kier alpha value is -3.49. The van der Waals surface area contributed by atoms with E-state index in [1.165, 1.54) is 0 Å². The molecule has 0 saturated carbocycles. The Morgan fingerprint density at radius 1 is 1.04 bits per heavy atom. The molecule has 1 unspecified atom stereocenters. The Kier molecular flexibility index (Phi) is 5.14. The Bertz CT molecular complexity index is 1100. The van der Waals surface area contributed by atoms with E-state index in [-0.39, 0.29) is 0 Å². The van der Waals surface area contributed by atoms with Crippen molar-refractivity contribution in [3.05, 3.63) is 89.2 Å². The first-order valence-corrected chi connectivity index (χ1v) is 9.18. The zero-order valence-corrected chi connectivity index (χ0v) is 15.6. The van der Waals surface area contributed by atoms with Crippen molar-refractivity contribution in [2.75, 3.05) is 5.32 Å². The van der Waals surface area contributed by atoms with E-state index in [1.54, 1.807) is 6.07 Å². The van der Waals surface area contributed by atoms with Crippen LogP contribution >= 0.6 is 11.6 Å². The summed E-state index contributed by atoms with van der Waals surface area (Å²) in [5.41, 5.74) is 3.46. The smallest absolute Gasteiger partial charge is 0.146 e. The third kappa shape index (κ3) is 3.93. The fraction of sp³-hybridized carbons (Fsp3) is 0.0909. The molecule has 6 heteroatoms. The molecule has 1 atom stereocenters. The largest absolute Gasteiger partial charge is 0.486 e. The first kappa shape index (κ1) is 17.9. The Balaban J connectivity index is 1.42. The maximum atomic E-state index is 9.52. The van der Waals surface area contributed by atoms with Gasteiger partial charge in [0.2, 0.25) is 0 Å². The number of nitrogens with one attached hydrogen (secondary N) is 2. The van der Waals surface area contributed by atoms with Crippen LogP contribution < -0.4 is 10.1 Å². The SMILES string of the molecule is N#CC(Nc1ccccc1Cl)c1ccc(OCc2nc3ccccc3[nH]2)cc1. The fourth-order valence-electron chi connectivity index (χ4n) is 2.91. The van der Waals surface area contributed by atoms with Gasteiger partial charge in [-0.25, -0.2) is 4.98 Å². The van der Waals surface area contributed by atoms with Gasteiger partial charge >= 0.3 is 0 Å². The van der Waals surface area contributed by atoms with Gasteiger partial charge in [-0.3, -0.25) is 0 Å². The molecule has 0 saturated heterocycles. The van der Waals surface area contributed by atoms with Gasteiger partial charge in [-0.05, 0) is 42.0 Å². The van der Waals surface area contributed by atoms with Crippen molar-refractivity contribution >= 4 is 28.3 Å². The summed E-state index contributed by atoms with van der Waals surface area (Å²) in [4.78, 5) is 7.73. The van der Waals surface area contributed by atoms with Gasteiger partial charge in [0.15, 0.2) is 0 Å². The minimum atomic E-state index is -0.510. The van der Waals surface area contributed by atoms with Crippen LogP contribution in [-0.2, 0) is 6.61 Å². The number of para-hydroxylation sites is 3. The van der Waals surface area contributed by atoms with Gasteiger partial charge < -0.3 is 15.0 Å². The number of H-pyrrole nitrogens is 1. The maximum Gasteiger partial charge on any atom is 0.146 e. The van der Waals surface area contributed by atoms with Gasteiger partial charge in [0.25, 0.3) is 0 Å². The number of aromatic nitrogens is 2. The molecule has 28 heavy (non-hydrogen) atoms. The summed E-state index contributed by atoms with van der Waals surface area (Å²) < 4.78 is 5.81. The number of hydrogen-bond acceptors (Lipinski definition) is 4. The monoisotopic (exact) mass is 388 g/mol. The summed E-state index contributed by atoms with van der Waals surface area (Å²) in [5.74, 6) is 1.47. The summed E-state index contributed by atoms with van der Waals surface area (Å²) in [7, 11) is 0. The summed E-state index contributed by atoms with van der Waals surface area (Å²) in [6.07, 6.45) is 0. The number of imidazole rings is 1. The molecule has 5 nitrogen and oxygen atoms in total. The van der Waals surface area contributed by atoms with Crippen molar-refractivity contribution in [3.63, 3.8) is 0 Å². The first-order valence-electron chi connectivity index (χ1n) is 8.80. The lowest BCUT2D eigenvalue weighted by atomic mass is 10.1. The molecule has 0 spiro atoms. The first-order chi connectivity index (χ1) is 13.7. The lowest BCUT2D eigenvalue weighted by Crippen LogP contribution is -2.08. The summed E-state index contributed by atoms with van der Waals surface area (Å²) in [5, 5.41) is 13.3. The van der Waals surface area contributed by atoms with Gasteiger partial charge in [-0.2, -0.15) is 5.26 Å². The molecule has 4 rings (SSSR count). The highest BCUT2D eigenvalue weighted by atomic mass is 35.5. The number of ether oxygens (including phenoxy) is 1. The van der Waals surface area contributed by atoms with Crippen LogP contribution in [0.1, 0.15) is 17.4 Å². The molecule has 3 aromatic carbocycles. The molecule has 2 N–H and O–H groups in total. The van der Waals surface area contributed by atoms with Gasteiger partial charge in [-0.15, -0.1) is 0 Å².